The molecule has 1 heterocycles. The molecule has 0 bridgehead atoms. The lowest BCUT2D eigenvalue weighted by molar-refractivity contribution is 0.0230. The van der Waals surface area contributed by atoms with Gasteiger partial charge in [0.25, 0.3) is 11.5 Å². The lowest BCUT2D eigenvalue weighted by Crippen LogP contribution is -2.33. The number of hydroxylamine groups is 1. The van der Waals surface area contributed by atoms with Gasteiger partial charge in [-0.25, -0.2) is 4.79 Å². The lowest BCUT2D eigenvalue weighted by Gasteiger charge is -2.11. The van der Waals surface area contributed by atoms with Crippen molar-refractivity contribution in [2.24, 2.45) is 7.05 Å². The number of halogens is 1. The summed E-state index contributed by atoms with van der Waals surface area (Å²) in [5.41, 5.74) is 3.81. The molecule has 4 rings (SSSR count). The number of carbonyl (C=O) groups is 2. The summed E-state index contributed by atoms with van der Waals surface area (Å²) >= 11 is 6.02. The number of rotatable bonds is 3. The molecule has 0 aliphatic heterocycles. The maximum atomic E-state index is 12.6. The first-order valence-corrected chi connectivity index (χ1v) is 9.79. The number of fused-ring (bicyclic) bond motifs is 1. The van der Waals surface area contributed by atoms with E-state index in [0.29, 0.717) is 21.5 Å². The van der Waals surface area contributed by atoms with Crippen LogP contribution in [0, 0.1) is 0 Å². The predicted molar refractivity (Wildman–Crippen MR) is 119 cm³/mol. The van der Waals surface area contributed by atoms with Gasteiger partial charge < -0.3 is 9.40 Å². The van der Waals surface area contributed by atoms with Crippen molar-refractivity contribution in [2.75, 3.05) is 0 Å². The fourth-order valence-electron chi connectivity index (χ4n) is 3.35. The summed E-state index contributed by atoms with van der Waals surface area (Å²) < 4.78 is 1.34. The molecule has 0 aliphatic carbocycles. The Morgan fingerprint density at radius 1 is 0.903 bits per heavy atom. The Labute approximate surface area is 182 Å². The molecule has 6 nitrogen and oxygen atoms in total. The summed E-state index contributed by atoms with van der Waals surface area (Å²) in [7, 11) is 1.55. The number of aromatic nitrogens is 1. The van der Waals surface area contributed by atoms with Crippen LogP contribution in [0.3, 0.4) is 0 Å². The van der Waals surface area contributed by atoms with Gasteiger partial charge in [0, 0.05) is 17.5 Å². The Kier molecular flexibility index (Phi) is 5.56. The first kappa shape index (κ1) is 20.4. The molecule has 0 atom stereocenters. The molecular weight excluding hydrogens is 416 g/mol. The van der Waals surface area contributed by atoms with Gasteiger partial charge in [-0.3, -0.25) is 9.59 Å². The zero-order valence-corrected chi connectivity index (χ0v) is 17.2. The molecule has 4 aromatic rings. The lowest BCUT2D eigenvalue weighted by atomic mass is 10.00. The number of nitrogens with one attached hydrogen (secondary N) is 1. The minimum absolute atomic E-state index is 0.165. The van der Waals surface area contributed by atoms with E-state index < -0.39 is 17.4 Å². The van der Waals surface area contributed by atoms with Gasteiger partial charge >= 0.3 is 5.97 Å². The first-order valence-electron chi connectivity index (χ1n) is 9.41. The molecule has 3 aromatic carbocycles. The molecule has 7 heteroatoms. The second-order valence-corrected chi connectivity index (χ2v) is 7.29. The molecule has 1 aromatic heterocycles. The molecular formula is C24H17ClN2O4. The third-order valence-electron chi connectivity index (χ3n) is 4.90. The molecule has 0 saturated heterocycles. The second kappa shape index (κ2) is 8.45. The topological polar surface area (TPSA) is 77.4 Å². The molecule has 0 spiro atoms. The summed E-state index contributed by atoms with van der Waals surface area (Å²) in [5, 5.41) is 1.09. The zero-order valence-electron chi connectivity index (χ0n) is 16.5. The Hall–Kier alpha value is -3.90. The molecule has 1 amide bonds. The minimum Gasteiger partial charge on any atom is -0.335 e. The third kappa shape index (κ3) is 4.06. The highest BCUT2D eigenvalue weighted by Gasteiger charge is 2.19. The van der Waals surface area contributed by atoms with Crippen molar-refractivity contribution in [3.63, 3.8) is 0 Å². The number of amides is 1. The number of hydrogen-bond acceptors (Lipinski definition) is 4. The Bertz CT molecular complexity index is 1360. The van der Waals surface area contributed by atoms with Crippen LogP contribution < -0.4 is 11.0 Å². The first-order chi connectivity index (χ1) is 15.0. The highest BCUT2D eigenvalue weighted by atomic mass is 35.5. The molecule has 154 valence electrons. The van der Waals surface area contributed by atoms with E-state index in [0.717, 1.165) is 5.56 Å². The van der Waals surface area contributed by atoms with E-state index in [9.17, 15) is 14.4 Å². The number of carbonyl (C=O) groups excluding carboxylic acids is 2. The van der Waals surface area contributed by atoms with Gasteiger partial charge in [0.15, 0.2) is 0 Å². The van der Waals surface area contributed by atoms with Gasteiger partial charge in [-0.05, 0) is 41.5 Å². The van der Waals surface area contributed by atoms with E-state index in [4.69, 9.17) is 16.4 Å². The standard InChI is InChI=1S/C24H17ClN2O4/c1-27-21-12-11-17(25)13-16(21)14-20(23(27)29)22(28)26-31-24(30)19-10-6-5-9-18(19)15-7-3-2-4-8-15/h2-14H,1H3,(H,26,28). The van der Waals surface area contributed by atoms with Gasteiger partial charge in [0.2, 0.25) is 0 Å². The maximum Gasteiger partial charge on any atom is 0.363 e. The fourth-order valence-corrected chi connectivity index (χ4v) is 3.53. The van der Waals surface area contributed by atoms with Crippen molar-refractivity contribution < 1.29 is 14.4 Å². The minimum atomic E-state index is -0.826. The van der Waals surface area contributed by atoms with Crippen LogP contribution in [0.25, 0.3) is 22.0 Å². The van der Waals surface area contributed by atoms with Crippen LogP contribution in [0.5, 0.6) is 0 Å². The summed E-state index contributed by atoms with van der Waals surface area (Å²) in [5.74, 6) is -1.57. The van der Waals surface area contributed by atoms with Crippen molar-refractivity contribution in [3.8, 4) is 11.1 Å². The largest absolute Gasteiger partial charge is 0.363 e. The summed E-state index contributed by atoms with van der Waals surface area (Å²) in [6, 6.07) is 22.7. The van der Waals surface area contributed by atoms with Crippen LogP contribution in [-0.4, -0.2) is 16.4 Å². The van der Waals surface area contributed by atoms with Crippen LogP contribution >= 0.6 is 11.6 Å². The van der Waals surface area contributed by atoms with E-state index in [2.05, 4.69) is 5.48 Å². The normalized spacial score (nSPS) is 10.6. The molecule has 0 aliphatic rings. The molecule has 1 N–H and O–H groups in total. The average Bonchev–Trinajstić information content (AvgIpc) is 2.80. The van der Waals surface area contributed by atoms with Crippen molar-refractivity contribution in [1.82, 2.24) is 10.0 Å². The SMILES string of the molecule is Cn1c(=O)c(C(=O)NOC(=O)c2ccccc2-c2ccccc2)cc2cc(Cl)ccc21. The smallest absolute Gasteiger partial charge is 0.335 e. The van der Waals surface area contributed by atoms with Gasteiger partial charge in [-0.15, -0.1) is 0 Å². The van der Waals surface area contributed by atoms with Crippen LogP contribution in [0.4, 0.5) is 0 Å². The van der Waals surface area contributed by atoms with E-state index >= 15 is 0 Å². The van der Waals surface area contributed by atoms with Crippen LogP contribution in [0.1, 0.15) is 20.7 Å². The van der Waals surface area contributed by atoms with Crippen molar-refractivity contribution in [3.05, 3.63) is 105 Å². The summed E-state index contributed by atoms with van der Waals surface area (Å²) in [4.78, 5) is 42.9. The zero-order chi connectivity index (χ0) is 22.0. The molecule has 0 saturated carbocycles. The number of hydrogen-bond donors (Lipinski definition) is 1. The second-order valence-electron chi connectivity index (χ2n) is 6.86. The molecule has 31 heavy (non-hydrogen) atoms. The highest BCUT2D eigenvalue weighted by Crippen LogP contribution is 2.24. The summed E-state index contributed by atoms with van der Waals surface area (Å²) in [6.07, 6.45) is 0. The van der Waals surface area contributed by atoms with Crippen LogP contribution in [0.2, 0.25) is 5.02 Å². The highest BCUT2D eigenvalue weighted by molar-refractivity contribution is 6.31. The monoisotopic (exact) mass is 432 g/mol. The summed E-state index contributed by atoms with van der Waals surface area (Å²) in [6.45, 7) is 0. The van der Waals surface area contributed by atoms with Crippen LogP contribution in [-0.2, 0) is 11.9 Å². The number of aryl methyl sites for hydroxylation is 1. The third-order valence-corrected chi connectivity index (χ3v) is 5.13. The van der Waals surface area contributed by atoms with Gasteiger partial charge in [-0.1, -0.05) is 60.1 Å². The van der Waals surface area contributed by atoms with Gasteiger partial charge in [-0.2, -0.15) is 5.48 Å². The number of nitrogens with zero attached hydrogens (tertiary/aromatic N) is 1. The quantitative estimate of drug-likeness (QED) is 0.488. The van der Waals surface area contributed by atoms with E-state index in [1.165, 1.54) is 10.6 Å². The van der Waals surface area contributed by atoms with Crippen molar-refractivity contribution in [1.29, 1.82) is 0 Å². The van der Waals surface area contributed by atoms with E-state index in [1.54, 1.807) is 43.4 Å². The Balaban J connectivity index is 1.59. The number of pyridine rings is 1. The molecule has 0 radical (unpaired) electrons. The molecule has 0 fully saturated rings. The fraction of sp³-hybridized carbons (Fsp3) is 0.0417. The van der Waals surface area contributed by atoms with Gasteiger partial charge in [0.05, 0.1) is 11.1 Å². The average molecular weight is 433 g/mol. The van der Waals surface area contributed by atoms with Crippen molar-refractivity contribution in [2.45, 2.75) is 0 Å². The maximum absolute atomic E-state index is 12.6. The Morgan fingerprint density at radius 2 is 1.61 bits per heavy atom. The predicted octanol–water partition coefficient (Wildman–Crippen LogP) is 4.36. The van der Waals surface area contributed by atoms with E-state index in [1.807, 2.05) is 36.4 Å². The van der Waals surface area contributed by atoms with Gasteiger partial charge in [0.1, 0.15) is 5.56 Å². The Morgan fingerprint density at radius 3 is 2.39 bits per heavy atom. The van der Waals surface area contributed by atoms with Crippen molar-refractivity contribution >= 4 is 34.4 Å². The van der Waals surface area contributed by atoms with Crippen LogP contribution in [0.15, 0.2) is 83.7 Å². The van der Waals surface area contributed by atoms with E-state index in [-0.39, 0.29) is 11.1 Å². The molecule has 0 unspecified atom stereocenters. The number of benzene rings is 3.